The number of hydrogen-bond acceptors (Lipinski definition) is 5. The lowest BCUT2D eigenvalue weighted by Crippen LogP contribution is -2.29. The number of amides is 3. The van der Waals surface area contributed by atoms with Gasteiger partial charge in [0, 0.05) is 30.2 Å². The molecule has 9 nitrogen and oxygen atoms in total. The van der Waals surface area contributed by atoms with Crippen molar-refractivity contribution < 1.29 is 24.3 Å². The molecule has 0 aliphatic rings. The highest BCUT2D eigenvalue weighted by atomic mass is 16.4. The van der Waals surface area contributed by atoms with E-state index in [1.165, 1.54) is 11.8 Å². The number of anilines is 3. The number of carboxylic acid groups (broad SMARTS) is 1. The number of hydrogen-bond donors (Lipinski definition) is 4. The zero-order chi connectivity index (χ0) is 27.7. The summed E-state index contributed by atoms with van der Waals surface area (Å²) < 4.78 is 0. The second-order valence-corrected chi connectivity index (χ2v) is 9.05. The maximum absolute atomic E-state index is 12.9. The van der Waals surface area contributed by atoms with Crippen LogP contribution in [0.2, 0.25) is 0 Å². The first kappa shape index (κ1) is 28.1. The highest BCUT2D eigenvalue weighted by Gasteiger charge is 2.17. The van der Waals surface area contributed by atoms with Crippen LogP contribution in [0.5, 0.6) is 0 Å². The molecule has 0 heterocycles. The fourth-order valence-electron chi connectivity index (χ4n) is 3.82. The molecule has 38 heavy (non-hydrogen) atoms. The zero-order valence-electron chi connectivity index (χ0n) is 21.7. The number of likely N-dealkylation sites (N-methyl/N-ethyl adjacent to an activating group) is 1. The highest BCUT2D eigenvalue weighted by molar-refractivity contribution is 6.00. The third-order valence-electron chi connectivity index (χ3n) is 5.99. The van der Waals surface area contributed by atoms with Gasteiger partial charge in [0.2, 0.25) is 5.91 Å². The van der Waals surface area contributed by atoms with Crippen molar-refractivity contribution in [3.8, 4) is 0 Å². The van der Waals surface area contributed by atoms with Crippen LogP contribution in [0.1, 0.15) is 36.1 Å². The molecule has 0 radical (unpaired) electrons. The molecule has 0 aromatic heterocycles. The Morgan fingerprint density at radius 3 is 2.16 bits per heavy atom. The molecule has 3 aromatic rings. The van der Waals surface area contributed by atoms with Crippen LogP contribution in [0.25, 0.3) is 0 Å². The van der Waals surface area contributed by atoms with Crippen LogP contribution >= 0.6 is 0 Å². The van der Waals surface area contributed by atoms with Crippen molar-refractivity contribution in [1.29, 1.82) is 0 Å². The number of benzene rings is 3. The van der Waals surface area contributed by atoms with Crippen molar-refractivity contribution in [2.24, 2.45) is 0 Å². The van der Waals surface area contributed by atoms with E-state index in [0.29, 0.717) is 16.9 Å². The predicted octanol–water partition coefficient (Wildman–Crippen LogP) is 4.54. The molecule has 198 valence electrons. The van der Waals surface area contributed by atoms with Gasteiger partial charge < -0.3 is 26.0 Å². The van der Waals surface area contributed by atoms with Gasteiger partial charge >= 0.3 is 12.0 Å². The maximum Gasteiger partial charge on any atom is 0.323 e. The number of urea groups is 1. The van der Waals surface area contributed by atoms with Crippen molar-refractivity contribution in [3.63, 3.8) is 0 Å². The van der Waals surface area contributed by atoms with Crippen molar-refractivity contribution in [1.82, 2.24) is 5.32 Å². The summed E-state index contributed by atoms with van der Waals surface area (Å²) in [5.41, 5.74) is 4.45. The van der Waals surface area contributed by atoms with Crippen molar-refractivity contribution in [2.75, 3.05) is 29.1 Å². The molecule has 3 aromatic carbocycles. The van der Waals surface area contributed by atoms with Crippen LogP contribution in [-0.2, 0) is 20.8 Å². The van der Waals surface area contributed by atoms with Gasteiger partial charge in [-0.15, -0.1) is 0 Å². The molecular weight excluding hydrogens is 484 g/mol. The first-order chi connectivity index (χ1) is 18.1. The number of ketones is 1. The first-order valence-corrected chi connectivity index (χ1v) is 12.2. The summed E-state index contributed by atoms with van der Waals surface area (Å²) >= 11 is 0. The Kier molecular flexibility index (Phi) is 9.72. The largest absolute Gasteiger partial charge is 0.481 e. The number of aliphatic carboxylic acids is 1. The number of Topliss-reactive ketones (excluding diaryl/α,β-unsaturated/α-hetero) is 1. The Morgan fingerprint density at radius 2 is 1.55 bits per heavy atom. The highest BCUT2D eigenvalue weighted by Crippen LogP contribution is 2.22. The predicted molar refractivity (Wildman–Crippen MR) is 147 cm³/mol. The Morgan fingerprint density at radius 1 is 0.895 bits per heavy atom. The topological polar surface area (TPSA) is 128 Å². The second kappa shape index (κ2) is 13.2. The molecule has 3 rings (SSSR count). The van der Waals surface area contributed by atoms with Crippen LogP contribution in [0.15, 0.2) is 72.8 Å². The van der Waals surface area contributed by atoms with E-state index >= 15 is 0 Å². The lowest BCUT2D eigenvalue weighted by Gasteiger charge is -2.20. The number of carbonyl (C=O) groups excluding carboxylic acids is 3. The summed E-state index contributed by atoms with van der Waals surface area (Å²) in [6.45, 7) is 3.42. The summed E-state index contributed by atoms with van der Waals surface area (Å²) in [7, 11) is 1.67. The van der Waals surface area contributed by atoms with E-state index < -0.39 is 12.0 Å². The summed E-state index contributed by atoms with van der Waals surface area (Å²) in [6, 6.07) is 20.7. The molecule has 0 aliphatic carbocycles. The Balaban J connectivity index is 1.57. The minimum absolute atomic E-state index is 0.0732. The van der Waals surface area contributed by atoms with Gasteiger partial charge in [-0.25, -0.2) is 4.79 Å². The van der Waals surface area contributed by atoms with E-state index in [9.17, 15) is 24.3 Å². The Bertz CT molecular complexity index is 1290. The fraction of sp³-hybridized carbons (Fsp3) is 0.241. The summed E-state index contributed by atoms with van der Waals surface area (Å²) in [4.78, 5) is 49.2. The van der Waals surface area contributed by atoms with Crippen LogP contribution in [0.4, 0.5) is 21.9 Å². The standard InChI is InChI=1S/C29H32N4O5/c1-19-6-4-5-7-25(19)32-29(38)31-23-12-8-21(9-13-23)16-27(35)33(3)24-14-10-22(11-15-24)26(17-28(36)37)30-18-20(2)34/h4-15,26,30H,16-18H2,1-3H3,(H,36,37)(H2,31,32,38). The molecule has 9 heteroatoms. The molecule has 0 bridgehead atoms. The molecule has 1 unspecified atom stereocenters. The van der Waals surface area contributed by atoms with Gasteiger partial charge in [-0.1, -0.05) is 42.5 Å². The van der Waals surface area contributed by atoms with Crippen molar-refractivity contribution in [3.05, 3.63) is 89.5 Å². The van der Waals surface area contributed by atoms with Crippen LogP contribution in [0, 0.1) is 6.92 Å². The van der Waals surface area contributed by atoms with Gasteiger partial charge in [0.25, 0.3) is 0 Å². The van der Waals surface area contributed by atoms with Crippen LogP contribution in [0.3, 0.4) is 0 Å². The van der Waals surface area contributed by atoms with Gasteiger partial charge in [0.05, 0.1) is 19.4 Å². The lowest BCUT2D eigenvalue weighted by atomic mass is 10.0. The Hall–Kier alpha value is -4.50. The number of para-hydroxylation sites is 1. The number of carbonyl (C=O) groups is 4. The molecule has 0 saturated heterocycles. The molecule has 0 spiro atoms. The molecular formula is C29H32N4O5. The molecule has 3 amide bonds. The zero-order valence-corrected chi connectivity index (χ0v) is 21.7. The summed E-state index contributed by atoms with van der Waals surface area (Å²) in [6.07, 6.45) is -0.00442. The minimum atomic E-state index is -0.976. The number of rotatable bonds is 11. The lowest BCUT2D eigenvalue weighted by molar-refractivity contribution is -0.137. The van der Waals surface area contributed by atoms with Gasteiger partial charge in [0.15, 0.2) is 0 Å². The van der Waals surface area contributed by atoms with Crippen molar-refractivity contribution >= 4 is 40.8 Å². The molecule has 0 aliphatic heterocycles. The van der Waals surface area contributed by atoms with Crippen LogP contribution in [-0.4, -0.2) is 42.4 Å². The van der Waals surface area contributed by atoms with E-state index in [2.05, 4.69) is 16.0 Å². The van der Waals surface area contributed by atoms with Crippen molar-refractivity contribution in [2.45, 2.75) is 32.7 Å². The van der Waals surface area contributed by atoms with E-state index in [4.69, 9.17) is 0 Å². The Labute approximate surface area is 221 Å². The SMILES string of the molecule is CC(=O)CNC(CC(=O)O)c1ccc(N(C)C(=O)Cc2ccc(NC(=O)Nc3ccccc3C)cc2)cc1. The monoisotopic (exact) mass is 516 g/mol. The fourth-order valence-corrected chi connectivity index (χ4v) is 3.82. The van der Waals surface area contributed by atoms with Gasteiger partial charge in [-0.2, -0.15) is 0 Å². The quantitative estimate of drug-likeness (QED) is 0.296. The maximum atomic E-state index is 12.9. The van der Waals surface area contributed by atoms with E-state index in [1.807, 2.05) is 31.2 Å². The van der Waals surface area contributed by atoms with E-state index in [-0.39, 0.29) is 37.1 Å². The van der Waals surface area contributed by atoms with E-state index in [1.54, 1.807) is 55.6 Å². The number of aryl methyl sites for hydroxylation is 1. The van der Waals surface area contributed by atoms with Crippen LogP contribution < -0.4 is 20.9 Å². The second-order valence-electron chi connectivity index (χ2n) is 9.05. The molecule has 4 N–H and O–H groups in total. The minimum Gasteiger partial charge on any atom is -0.481 e. The number of nitrogens with zero attached hydrogens (tertiary/aromatic N) is 1. The van der Waals surface area contributed by atoms with Gasteiger partial charge in [-0.05, 0) is 60.9 Å². The van der Waals surface area contributed by atoms with E-state index in [0.717, 1.165) is 16.8 Å². The molecule has 1 atom stereocenters. The third-order valence-corrected chi connectivity index (χ3v) is 5.99. The van der Waals surface area contributed by atoms with Gasteiger partial charge in [0.1, 0.15) is 5.78 Å². The normalized spacial score (nSPS) is 11.3. The molecule has 0 fully saturated rings. The smallest absolute Gasteiger partial charge is 0.323 e. The molecule has 0 saturated carbocycles. The average molecular weight is 517 g/mol. The van der Waals surface area contributed by atoms with Gasteiger partial charge in [-0.3, -0.25) is 14.4 Å². The number of nitrogens with one attached hydrogen (secondary N) is 3. The first-order valence-electron chi connectivity index (χ1n) is 12.2. The summed E-state index contributed by atoms with van der Waals surface area (Å²) in [5.74, 6) is -1.19. The summed E-state index contributed by atoms with van der Waals surface area (Å²) in [5, 5.41) is 17.7. The average Bonchev–Trinajstić information content (AvgIpc) is 2.88. The third kappa shape index (κ3) is 8.28. The number of carboxylic acids is 1.